The van der Waals surface area contributed by atoms with Crippen LogP contribution in [-0.2, 0) is 0 Å². The van der Waals surface area contributed by atoms with Crippen LogP contribution in [0.15, 0.2) is 21.6 Å². The summed E-state index contributed by atoms with van der Waals surface area (Å²) in [6, 6.07) is 2.22. The number of furan rings is 1. The molecule has 0 bridgehead atoms. The molecule has 1 unspecified atom stereocenters. The summed E-state index contributed by atoms with van der Waals surface area (Å²) in [5.74, 6) is 1.93. The molecule has 0 amide bonds. The maximum absolute atomic E-state index is 5.61. The van der Waals surface area contributed by atoms with E-state index in [9.17, 15) is 0 Å². The van der Waals surface area contributed by atoms with Gasteiger partial charge < -0.3 is 10.2 Å². The molecule has 0 aliphatic carbocycles. The molecule has 0 radical (unpaired) electrons. The van der Waals surface area contributed by atoms with Gasteiger partial charge in [-0.05, 0) is 19.9 Å². The molecule has 1 aromatic rings. The van der Waals surface area contributed by atoms with E-state index >= 15 is 0 Å². The monoisotopic (exact) mass is 171 g/mol. The van der Waals surface area contributed by atoms with Crippen molar-refractivity contribution in [1.29, 1.82) is 0 Å². The Hall–Kier alpha value is -0.410. The fourth-order valence-electron chi connectivity index (χ4n) is 0.744. The lowest BCUT2D eigenvalue weighted by atomic mass is 10.4. The molecule has 0 spiro atoms. The molecule has 0 saturated heterocycles. The molecule has 3 heteroatoms. The van der Waals surface area contributed by atoms with E-state index < -0.39 is 0 Å². The summed E-state index contributed by atoms with van der Waals surface area (Å²) in [6.07, 6.45) is 1.71. The quantitative estimate of drug-likeness (QED) is 0.707. The predicted molar refractivity (Wildman–Crippen MR) is 47.8 cm³/mol. The van der Waals surface area contributed by atoms with E-state index in [1.165, 1.54) is 4.90 Å². The molecule has 0 aromatic carbocycles. The van der Waals surface area contributed by atoms with Crippen LogP contribution in [0.3, 0.4) is 0 Å². The third kappa shape index (κ3) is 2.60. The van der Waals surface area contributed by atoms with Gasteiger partial charge in [-0.3, -0.25) is 0 Å². The molecule has 0 aliphatic rings. The maximum atomic E-state index is 5.61. The molecule has 2 nitrogen and oxygen atoms in total. The fourth-order valence-corrected chi connectivity index (χ4v) is 1.59. The third-order valence-electron chi connectivity index (χ3n) is 1.31. The normalized spacial score (nSPS) is 13.4. The standard InChI is InChI=1S/C8H13NOS/c1-6(9)5-11-8-3-4-10-7(8)2/h3-4,6H,5,9H2,1-2H3. The Labute approximate surface area is 71.1 Å². The lowest BCUT2D eigenvalue weighted by Crippen LogP contribution is -2.17. The highest BCUT2D eigenvalue weighted by molar-refractivity contribution is 7.99. The van der Waals surface area contributed by atoms with Crippen molar-refractivity contribution in [2.24, 2.45) is 5.73 Å². The Morgan fingerprint density at radius 2 is 2.45 bits per heavy atom. The Bertz CT molecular complexity index is 220. The molecule has 0 aliphatic heterocycles. The van der Waals surface area contributed by atoms with Crippen LogP contribution in [0.4, 0.5) is 0 Å². The Morgan fingerprint density at radius 1 is 1.73 bits per heavy atom. The first-order chi connectivity index (χ1) is 5.20. The van der Waals surface area contributed by atoms with Gasteiger partial charge in [0.25, 0.3) is 0 Å². The van der Waals surface area contributed by atoms with Gasteiger partial charge in [0.1, 0.15) is 5.76 Å². The maximum Gasteiger partial charge on any atom is 0.114 e. The molecule has 62 valence electrons. The van der Waals surface area contributed by atoms with Crippen LogP contribution in [0, 0.1) is 6.92 Å². The van der Waals surface area contributed by atoms with Crippen LogP contribution < -0.4 is 5.73 Å². The van der Waals surface area contributed by atoms with Crippen molar-refractivity contribution < 1.29 is 4.42 Å². The highest BCUT2D eigenvalue weighted by Crippen LogP contribution is 2.22. The van der Waals surface area contributed by atoms with Gasteiger partial charge in [0, 0.05) is 16.7 Å². The van der Waals surface area contributed by atoms with Crippen molar-refractivity contribution in [2.45, 2.75) is 24.8 Å². The van der Waals surface area contributed by atoms with E-state index in [-0.39, 0.29) is 6.04 Å². The molecule has 2 N–H and O–H groups in total. The Morgan fingerprint density at radius 3 is 2.91 bits per heavy atom. The molecular weight excluding hydrogens is 158 g/mol. The van der Waals surface area contributed by atoms with Gasteiger partial charge in [0.05, 0.1) is 6.26 Å². The minimum Gasteiger partial charge on any atom is -0.468 e. The van der Waals surface area contributed by atoms with E-state index in [1.807, 2.05) is 19.9 Å². The number of hydrogen-bond acceptors (Lipinski definition) is 3. The molecule has 1 heterocycles. The lowest BCUT2D eigenvalue weighted by molar-refractivity contribution is 0.527. The summed E-state index contributed by atoms with van der Waals surface area (Å²) in [6.45, 7) is 3.96. The average Bonchev–Trinajstić information content (AvgIpc) is 2.31. The zero-order valence-electron chi connectivity index (χ0n) is 6.83. The van der Waals surface area contributed by atoms with Crippen molar-refractivity contribution in [2.75, 3.05) is 5.75 Å². The van der Waals surface area contributed by atoms with E-state index in [4.69, 9.17) is 10.2 Å². The van der Waals surface area contributed by atoms with Crippen LogP contribution in [0.1, 0.15) is 12.7 Å². The summed E-state index contributed by atoms with van der Waals surface area (Å²) in [5.41, 5.74) is 5.61. The van der Waals surface area contributed by atoms with E-state index in [2.05, 4.69) is 0 Å². The SMILES string of the molecule is Cc1occc1SCC(C)N. The van der Waals surface area contributed by atoms with E-state index in [1.54, 1.807) is 18.0 Å². The second-order valence-electron chi connectivity index (χ2n) is 2.63. The van der Waals surface area contributed by atoms with Crippen LogP contribution in [0.2, 0.25) is 0 Å². The van der Waals surface area contributed by atoms with Crippen molar-refractivity contribution in [3.63, 3.8) is 0 Å². The first-order valence-corrected chi connectivity index (χ1v) is 4.61. The molecule has 0 saturated carbocycles. The molecule has 0 fully saturated rings. The van der Waals surface area contributed by atoms with Crippen LogP contribution in [0.25, 0.3) is 0 Å². The molecule has 1 aromatic heterocycles. The number of aryl methyl sites for hydroxylation is 1. The van der Waals surface area contributed by atoms with Crippen molar-refractivity contribution in [3.8, 4) is 0 Å². The molecule has 11 heavy (non-hydrogen) atoms. The predicted octanol–water partition coefficient (Wildman–Crippen LogP) is 2.03. The largest absolute Gasteiger partial charge is 0.468 e. The minimum atomic E-state index is 0.245. The van der Waals surface area contributed by atoms with Gasteiger partial charge >= 0.3 is 0 Å². The summed E-state index contributed by atoms with van der Waals surface area (Å²) >= 11 is 1.74. The van der Waals surface area contributed by atoms with E-state index in [0.29, 0.717) is 0 Å². The Balaban J connectivity index is 2.44. The number of hydrogen-bond donors (Lipinski definition) is 1. The van der Waals surface area contributed by atoms with Crippen LogP contribution >= 0.6 is 11.8 Å². The van der Waals surface area contributed by atoms with Crippen molar-refractivity contribution in [3.05, 3.63) is 18.1 Å². The number of nitrogens with two attached hydrogens (primary N) is 1. The number of thioether (sulfide) groups is 1. The highest BCUT2D eigenvalue weighted by atomic mass is 32.2. The summed E-state index contributed by atoms with van der Waals surface area (Å²) in [5, 5.41) is 0. The van der Waals surface area contributed by atoms with Crippen LogP contribution in [-0.4, -0.2) is 11.8 Å². The zero-order valence-corrected chi connectivity index (χ0v) is 7.65. The second kappa shape index (κ2) is 3.83. The van der Waals surface area contributed by atoms with Gasteiger partial charge in [0.15, 0.2) is 0 Å². The summed E-state index contributed by atoms with van der Waals surface area (Å²) in [7, 11) is 0. The van der Waals surface area contributed by atoms with Gasteiger partial charge in [-0.2, -0.15) is 0 Å². The first kappa shape index (κ1) is 8.68. The smallest absolute Gasteiger partial charge is 0.114 e. The fraction of sp³-hybridized carbons (Fsp3) is 0.500. The van der Waals surface area contributed by atoms with Gasteiger partial charge in [-0.25, -0.2) is 0 Å². The topological polar surface area (TPSA) is 39.2 Å². The first-order valence-electron chi connectivity index (χ1n) is 3.62. The number of rotatable bonds is 3. The second-order valence-corrected chi connectivity index (χ2v) is 3.69. The molecular formula is C8H13NOS. The summed E-state index contributed by atoms with van der Waals surface area (Å²) in [4.78, 5) is 1.20. The van der Waals surface area contributed by atoms with Crippen molar-refractivity contribution >= 4 is 11.8 Å². The third-order valence-corrected chi connectivity index (χ3v) is 2.74. The molecule has 1 atom stereocenters. The molecule has 1 rings (SSSR count). The van der Waals surface area contributed by atoms with Gasteiger partial charge in [-0.15, -0.1) is 11.8 Å². The van der Waals surface area contributed by atoms with Crippen LogP contribution in [0.5, 0.6) is 0 Å². The lowest BCUT2D eigenvalue weighted by Gasteiger charge is -2.02. The highest BCUT2D eigenvalue weighted by Gasteiger charge is 2.02. The average molecular weight is 171 g/mol. The Kier molecular flexibility index (Phi) is 3.02. The van der Waals surface area contributed by atoms with Crippen molar-refractivity contribution in [1.82, 2.24) is 0 Å². The van der Waals surface area contributed by atoms with Gasteiger partial charge in [0.2, 0.25) is 0 Å². The van der Waals surface area contributed by atoms with Gasteiger partial charge in [-0.1, -0.05) is 0 Å². The minimum absolute atomic E-state index is 0.245. The summed E-state index contributed by atoms with van der Waals surface area (Å²) < 4.78 is 5.14. The zero-order chi connectivity index (χ0) is 8.27. The van der Waals surface area contributed by atoms with E-state index in [0.717, 1.165) is 11.5 Å².